The highest BCUT2D eigenvalue weighted by Crippen LogP contribution is 2.29. The summed E-state index contributed by atoms with van der Waals surface area (Å²) in [6.07, 6.45) is 2.15. The molecule has 0 spiro atoms. The quantitative estimate of drug-likeness (QED) is 0.479. The molecule has 0 aromatic heterocycles. The van der Waals surface area contributed by atoms with E-state index in [0.29, 0.717) is 5.75 Å². The SMILES string of the molecule is CC(C)(C)c1ccc(/C=C(/c2ccc(O)cc2)c2ccc([OH2+])cc2)cc1. The number of hydrogen-bond donors (Lipinski definition) is 1. The Morgan fingerprint density at radius 3 is 1.77 bits per heavy atom. The topological polar surface area (TPSA) is 43.1 Å². The molecule has 0 amide bonds. The molecule has 3 N–H and O–H groups in total. The predicted octanol–water partition coefficient (Wildman–Crippen LogP) is 5.72. The third kappa shape index (κ3) is 4.15. The zero-order chi connectivity index (χ0) is 18.7. The molecule has 0 heterocycles. The van der Waals surface area contributed by atoms with Gasteiger partial charge in [0, 0.05) is 12.1 Å². The van der Waals surface area contributed by atoms with Gasteiger partial charge in [0.05, 0.1) is 0 Å². The van der Waals surface area contributed by atoms with Crippen molar-refractivity contribution < 1.29 is 10.2 Å². The summed E-state index contributed by atoms with van der Waals surface area (Å²) in [6, 6.07) is 23.4. The number of phenols is 1. The van der Waals surface area contributed by atoms with Gasteiger partial charge >= 0.3 is 0 Å². The second-order valence-electron chi connectivity index (χ2n) is 7.55. The Morgan fingerprint density at radius 1 is 0.769 bits per heavy atom. The van der Waals surface area contributed by atoms with Crippen LogP contribution in [0.5, 0.6) is 11.5 Å². The highest BCUT2D eigenvalue weighted by molar-refractivity contribution is 5.91. The van der Waals surface area contributed by atoms with Crippen LogP contribution in [0.25, 0.3) is 11.6 Å². The molecule has 0 fully saturated rings. The van der Waals surface area contributed by atoms with Crippen LogP contribution in [-0.2, 0) is 5.41 Å². The van der Waals surface area contributed by atoms with Crippen molar-refractivity contribution in [3.05, 3.63) is 95.1 Å². The van der Waals surface area contributed by atoms with Crippen molar-refractivity contribution >= 4 is 11.6 Å². The molecule has 26 heavy (non-hydrogen) atoms. The molecule has 0 aliphatic rings. The Balaban J connectivity index is 2.06. The van der Waals surface area contributed by atoms with E-state index in [2.05, 4.69) is 51.1 Å². The minimum absolute atomic E-state index is 0.131. The van der Waals surface area contributed by atoms with Crippen LogP contribution in [0.3, 0.4) is 0 Å². The van der Waals surface area contributed by atoms with E-state index in [1.165, 1.54) is 5.56 Å². The summed E-state index contributed by atoms with van der Waals surface area (Å²) in [7, 11) is 0. The molecule has 0 aliphatic carbocycles. The van der Waals surface area contributed by atoms with Crippen LogP contribution < -0.4 is 0 Å². The minimum Gasteiger partial charge on any atom is -0.593 e. The van der Waals surface area contributed by atoms with Crippen molar-refractivity contribution in [2.24, 2.45) is 0 Å². The molecule has 0 saturated carbocycles. The summed E-state index contributed by atoms with van der Waals surface area (Å²) >= 11 is 0. The van der Waals surface area contributed by atoms with Gasteiger partial charge < -0.3 is 10.2 Å². The lowest BCUT2D eigenvalue weighted by atomic mass is 9.86. The predicted molar refractivity (Wildman–Crippen MR) is 110 cm³/mol. The Bertz CT molecular complexity index is 847. The van der Waals surface area contributed by atoms with Gasteiger partial charge in [-0.1, -0.05) is 57.2 Å². The number of aromatic hydroxyl groups is 1. The molecule has 3 rings (SSSR count). The van der Waals surface area contributed by atoms with Crippen molar-refractivity contribution in [1.29, 1.82) is 0 Å². The average Bonchev–Trinajstić information content (AvgIpc) is 2.61. The van der Waals surface area contributed by atoms with E-state index >= 15 is 0 Å². The second kappa shape index (κ2) is 7.09. The van der Waals surface area contributed by atoms with Crippen LogP contribution in [0.15, 0.2) is 72.8 Å². The first-order valence-corrected chi connectivity index (χ1v) is 8.77. The Hall–Kier alpha value is -3.00. The lowest BCUT2D eigenvalue weighted by molar-refractivity contribution is 0.475. The van der Waals surface area contributed by atoms with Gasteiger partial charge in [-0.3, -0.25) is 0 Å². The van der Waals surface area contributed by atoms with Gasteiger partial charge in [-0.25, -0.2) is 0 Å². The molecule has 2 heteroatoms. The maximum Gasteiger partial charge on any atom is 0.253 e. The molecular weight excluding hydrogens is 320 g/mol. The zero-order valence-electron chi connectivity index (χ0n) is 15.5. The number of hydrogen-bond acceptors (Lipinski definition) is 1. The Morgan fingerprint density at radius 2 is 1.27 bits per heavy atom. The van der Waals surface area contributed by atoms with Gasteiger partial charge in [0.2, 0.25) is 0 Å². The van der Waals surface area contributed by atoms with Crippen molar-refractivity contribution in [2.45, 2.75) is 26.2 Å². The van der Waals surface area contributed by atoms with Crippen molar-refractivity contribution in [1.82, 2.24) is 0 Å². The molecule has 3 aromatic rings. The van der Waals surface area contributed by atoms with E-state index in [1.54, 1.807) is 24.3 Å². The fraction of sp³-hybridized carbons (Fsp3) is 0.167. The van der Waals surface area contributed by atoms with Crippen LogP contribution in [0.4, 0.5) is 0 Å². The lowest BCUT2D eigenvalue weighted by Gasteiger charge is -2.19. The van der Waals surface area contributed by atoms with E-state index in [9.17, 15) is 5.11 Å². The Labute approximate surface area is 155 Å². The van der Waals surface area contributed by atoms with Crippen molar-refractivity contribution in [2.75, 3.05) is 0 Å². The lowest BCUT2D eigenvalue weighted by Crippen LogP contribution is -2.10. The van der Waals surface area contributed by atoms with Crippen molar-refractivity contribution in [3.63, 3.8) is 0 Å². The molecule has 0 aliphatic heterocycles. The van der Waals surface area contributed by atoms with Crippen molar-refractivity contribution in [3.8, 4) is 11.5 Å². The van der Waals surface area contributed by atoms with E-state index in [0.717, 1.165) is 22.3 Å². The minimum atomic E-state index is 0.131. The molecule has 0 unspecified atom stereocenters. The van der Waals surface area contributed by atoms with E-state index in [1.807, 2.05) is 24.3 Å². The molecule has 0 saturated heterocycles. The van der Waals surface area contributed by atoms with Gasteiger partial charge in [-0.05, 0) is 63.6 Å². The number of phenolic OH excluding ortho intramolecular Hbond substituents is 1. The summed E-state index contributed by atoms with van der Waals surface area (Å²) in [5.41, 5.74) is 5.70. The van der Waals surface area contributed by atoms with Gasteiger partial charge in [-0.2, -0.15) is 0 Å². The standard InChI is InChI=1S/C24H24O2/c1-24(2,3)20-10-4-17(5-11-20)16-23(18-6-12-21(25)13-7-18)19-8-14-22(26)15-9-19/h4-16,25-26H,1-3H3/p+1. The zero-order valence-corrected chi connectivity index (χ0v) is 15.5. The first kappa shape index (κ1) is 17.8. The summed E-state index contributed by atoms with van der Waals surface area (Å²) < 4.78 is 0. The molecule has 2 nitrogen and oxygen atoms in total. The smallest absolute Gasteiger partial charge is 0.253 e. The first-order valence-electron chi connectivity index (χ1n) is 8.77. The molecule has 3 aromatic carbocycles. The number of rotatable bonds is 3. The molecular formula is C24H25O2+. The normalized spacial score (nSPS) is 12.2. The number of benzene rings is 3. The third-order valence-corrected chi connectivity index (χ3v) is 4.46. The maximum atomic E-state index is 9.60. The summed E-state index contributed by atoms with van der Waals surface area (Å²) in [5, 5.41) is 17.3. The molecule has 132 valence electrons. The Kier molecular flexibility index (Phi) is 4.85. The van der Waals surface area contributed by atoms with Gasteiger partial charge in [0.1, 0.15) is 5.75 Å². The molecule has 0 bridgehead atoms. The largest absolute Gasteiger partial charge is 0.593 e. The van der Waals surface area contributed by atoms with Gasteiger partial charge in [-0.15, -0.1) is 0 Å². The van der Waals surface area contributed by atoms with E-state index < -0.39 is 0 Å². The fourth-order valence-electron chi connectivity index (χ4n) is 2.87. The van der Waals surface area contributed by atoms with Crippen LogP contribution in [0.2, 0.25) is 0 Å². The van der Waals surface area contributed by atoms with E-state index in [4.69, 9.17) is 5.11 Å². The average molecular weight is 345 g/mol. The maximum absolute atomic E-state index is 9.60. The fourth-order valence-corrected chi connectivity index (χ4v) is 2.87. The highest BCUT2D eigenvalue weighted by Gasteiger charge is 2.13. The van der Waals surface area contributed by atoms with Crippen LogP contribution in [-0.4, -0.2) is 10.2 Å². The summed E-state index contributed by atoms with van der Waals surface area (Å²) in [5.74, 6) is 0.748. The molecule has 0 atom stereocenters. The third-order valence-electron chi connectivity index (χ3n) is 4.46. The molecule has 0 radical (unpaired) electrons. The first-order chi connectivity index (χ1) is 12.3. The monoisotopic (exact) mass is 345 g/mol. The second-order valence-corrected chi connectivity index (χ2v) is 7.55. The summed E-state index contributed by atoms with van der Waals surface area (Å²) in [6.45, 7) is 6.63. The summed E-state index contributed by atoms with van der Waals surface area (Å²) in [4.78, 5) is 0. The van der Waals surface area contributed by atoms with Gasteiger partial charge in [0.25, 0.3) is 5.75 Å². The van der Waals surface area contributed by atoms with Crippen LogP contribution >= 0.6 is 0 Å². The van der Waals surface area contributed by atoms with E-state index in [-0.39, 0.29) is 11.2 Å². The van der Waals surface area contributed by atoms with Crippen LogP contribution in [0, 0.1) is 0 Å². The van der Waals surface area contributed by atoms with Crippen LogP contribution in [0.1, 0.15) is 43.0 Å². The van der Waals surface area contributed by atoms with Gasteiger partial charge in [0.15, 0.2) is 0 Å². The highest BCUT2D eigenvalue weighted by atomic mass is 16.3.